The Morgan fingerprint density at radius 3 is 2.33 bits per heavy atom. The van der Waals surface area contributed by atoms with E-state index in [0.29, 0.717) is 18.0 Å². The van der Waals surface area contributed by atoms with Crippen LogP contribution in [0.5, 0.6) is 0 Å². The second-order valence-electron chi connectivity index (χ2n) is 6.40. The predicted molar refractivity (Wildman–Crippen MR) is 96.0 cm³/mol. The fourth-order valence-corrected chi connectivity index (χ4v) is 3.62. The lowest BCUT2D eigenvalue weighted by Gasteiger charge is -2.40. The number of nitrogens with zero attached hydrogens (tertiary/aromatic N) is 1. The largest absolute Gasteiger partial charge is 0.344 e. The van der Waals surface area contributed by atoms with Crippen LogP contribution in [0.25, 0.3) is 0 Å². The lowest BCUT2D eigenvalue weighted by molar-refractivity contribution is 0.194. The van der Waals surface area contributed by atoms with Crippen LogP contribution in [0.1, 0.15) is 64.9 Å². The molecule has 0 saturated carbocycles. The minimum absolute atomic E-state index is 0.535. The molecule has 1 saturated heterocycles. The van der Waals surface area contributed by atoms with E-state index in [1.54, 1.807) is 0 Å². The van der Waals surface area contributed by atoms with Gasteiger partial charge in [-0.25, -0.2) is 0 Å². The number of piperidine rings is 1. The summed E-state index contributed by atoms with van der Waals surface area (Å²) in [6.07, 6.45) is 4.96. The van der Waals surface area contributed by atoms with Gasteiger partial charge in [-0.05, 0) is 75.4 Å². The molecule has 3 unspecified atom stereocenters. The summed E-state index contributed by atoms with van der Waals surface area (Å²) in [6.45, 7) is 9.04. The Morgan fingerprint density at radius 2 is 1.81 bits per heavy atom. The van der Waals surface area contributed by atoms with Crippen LogP contribution in [0.15, 0.2) is 24.3 Å². The smallest absolute Gasteiger partial charge is 0.173 e. The number of thiocarbonyl (C=S) groups is 1. The molecule has 2 nitrogen and oxygen atoms in total. The highest BCUT2D eigenvalue weighted by Gasteiger charge is 2.26. The first-order valence-corrected chi connectivity index (χ1v) is 8.63. The van der Waals surface area contributed by atoms with Crippen LogP contribution < -0.4 is 5.32 Å². The maximum absolute atomic E-state index is 5.63. The third-order valence-electron chi connectivity index (χ3n) is 4.77. The first-order chi connectivity index (χ1) is 10.0. The summed E-state index contributed by atoms with van der Waals surface area (Å²) in [4.78, 5) is 2.36. The van der Waals surface area contributed by atoms with Crippen LogP contribution in [0, 0.1) is 0 Å². The molecule has 0 bridgehead atoms. The van der Waals surface area contributed by atoms with Crippen molar-refractivity contribution in [1.29, 1.82) is 0 Å². The standard InChI is InChI=1S/C18H28N2S/c1-5-13(2)16-9-11-17(12-10-16)19-18(21)20-14(3)7-6-8-15(20)4/h9-15H,5-8H2,1-4H3,(H,19,21). The van der Waals surface area contributed by atoms with Crippen LogP contribution in [-0.4, -0.2) is 22.1 Å². The van der Waals surface area contributed by atoms with E-state index in [1.807, 2.05) is 0 Å². The Balaban J connectivity index is 2.02. The summed E-state index contributed by atoms with van der Waals surface area (Å²) in [5.41, 5.74) is 2.49. The van der Waals surface area contributed by atoms with E-state index in [4.69, 9.17) is 12.2 Å². The summed E-state index contributed by atoms with van der Waals surface area (Å²) in [6, 6.07) is 9.78. The minimum atomic E-state index is 0.535. The van der Waals surface area contributed by atoms with Gasteiger partial charge in [-0.15, -0.1) is 0 Å². The summed E-state index contributed by atoms with van der Waals surface area (Å²) >= 11 is 5.63. The fraction of sp³-hybridized carbons (Fsp3) is 0.611. The lowest BCUT2D eigenvalue weighted by Crippen LogP contribution is -2.49. The number of rotatable bonds is 3. The molecule has 1 heterocycles. The van der Waals surface area contributed by atoms with E-state index in [-0.39, 0.29) is 0 Å². The van der Waals surface area contributed by atoms with Crippen LogP contribution in [0.3, 0.4) is 0 Å². The molecule has 0 radical (unpaired) electrons. The molecule has 1 aliphatic heterocycles. The van der Waals surface area contributed by atoms with E-state index in [1.165, 1.54) is 31.2 Å². The number of benzene rings is 1. The average Bonchev–Trinajstić information content (AvgIpc) is 2.47. The monoisotopic (exact) mass is 304 g/mol. The van der Waals surface area contributed by atoms with Crippen LogP contribution in [0.2, 0.25) is 0 Å². The molecule has 0 spiro atoms. The van der Waals surface area contributed by atoms with Crippen molar-refractivity contribution in [3.05, 3.63) is 29.8 Å². The third kappa shape index (κ3) is 3.97. The average molecular weight is 305 g/mol. The SMILES string of the molecule is CCC(C)c1ccc(NC(=S)N2C(C)CCCC2C)cc1. The highest BCUT2D eigenvalue weighted by atomic mass is 32.1. The molecule has 1 N–H and O–H groups in total. The van der Waals surface area contributed by atoms with Gasteiger partial charge < -0.3 is 10.2 Å². The molecular weight excluding hydrogens is 276 g/mol. The molecular formula is C18H28N2S. The van der Waals surface area contributed by atoms with Crippen molar-refractivity contribution in [2.75, 3.05) is 5.32 Å². The Labute approximate surface area is 134 Å². The number of likely N-dealkylation sites (tertiary alicyclic amines) is 1. The maximum Gasteiger partial charge on any atom is 0.173 e. The fourth-order valence-electron chi connectivity index (χ4n) is 3.14. The van der Waals surface area contributed by atoms with Crippen molar-refractivity contribution in [1.82, 2.24) is 4.90 Å². The first kappa shape index (κ1) is 16.3. The van der Waals surface area contributed by atoms with Crippen molar-refractivity contribution in [2.24, 2.45) is 0 Å². The van der Waals surface area contributed by atoms with Gasteiger partial charge in [0, 0.05) is 17.8 Å². The quantitative estimate of drug-likeness (QED) is 0.776. The topological polar surface area (TPSA) is 15.3 Å². The van der Waals surface area contributed by atoms with E-state index in [0.717, 1.165) is 10.8 Å². The van der Waals surface area contributed by atoms with Crippen LogP contribution in [-0.2, 0) is 0 Å². The number of nitrogens with one attached hydrogen (secondary N) is 1. The summed E-state index contributed by atoms with van der Waals surface area (Å²) in [5, 5.41) is 4.28. The zero-order valence-electron chi connectivity index (χ0n) is 13.7. The van der Waals surface area contributed by atoms with Gasteiger partial charge in [0.1, 0.15) is 0 Å². The van der Waals surface area contributed by atoms with Crippen molar-refractivity contribution in [3.63, 3.8) is 0 Å². The zero-order chi connectivity index (χ0) is 15.4. The molecule has 3 atom stereocenters. The Bertz CT molecular complexity index is 459. The van der Waals surface area contributed by atoms with Crippen molar-refractivity contribution in [3.8, 4) is 0 Å². The summed E-state index contributed by atoms with van der Waals surface area (Å²) in [5.74, 6) is 0.619. The van der Waals surface area contributed by atoms with Crippen LogP contribution >= 0.6 is 12.2 Å². The second kappa shape index (κ2) is 7.26. The second-order valence-corrected chi connectivity index (χ2v) is 6.78. The van der Waals surface area contributed by atoms with Gasteiger partial charge in [0.15, 0.2) is 5.11 Å². The molecule has 1 aromatic rings. The van der Waals surface area contributed by atoms with Gasteiger partial charge in [-0.2, -0.15) is 0 Å². The molecule has 1 fully saturated rings. The highest BCUT2D eigenvalue weighted by Crippen LogP contribution is 2.24. The normalized spacial score (nSPS) is 23.7. The molecule has 0 aromatic heterocycles. The molecule has 116 valence electrons. The number of hydrogen-bond donors (Lipinski definition) is 1. The van der Waals surface area contributed by atoms with Crippen molar-refractivity contribution >= 4 is 23.0 Å². The third-order valence-corrected chi connectivity index (χ3v) is 5.08. The summed E-state index contributed by atoms with van der Waals surface area (Å²) < 4.78 is 0. The number of hydrogen-bond acceptors (Lipinski definition) is 1. The molecule has 1 aliphatic rings. The molecule has 3 heteroatoms. The molecule has 0 aliphatic carbocycles. The Kier molecular flexibility index (Phi) is 5.63. The van der Waals surface area contributed by atoms with E-state index >= 15 is 0 Å². The Hall–Kier alpha value is -1.09. The lowest BCUT2D eigenvalue weighted by atomic mass is 9.98. The Morgan fingerprint density at radius 1 is 1.24 bits per heavy atom. The van der Waals surface area contributed by atoms with Crippen molar-refractivity contribution < 1.29 is 0 Å². The van der Waals surface area contributed by atoms with Gasteiger partial charge in [0.2, 0.25) is 0 Å². The van der Waals surface area contributed by atoms with E-state index < -0.39 is 0 Å². The highest BCUT2D eigenvalue weighted by molar-refractivity contribution is 7.80. The first-order valence-electron chi connectivity index (χ1n) is 8.22. The van der Waals surface area contributed by atoms with Gasteiger partial charge in [0.25, 0.3) is 0 Å². The van der Waals surface area contributed by atoms with Gasteiger partial charge in [0.05, 0.1) is 0 Å². The van der Waals surface area contributed by atoms with Gasteiger partial charge in [-0.3, -0.25) is 0 Å². The summed E-state index contributed by atoms with van der Waals surface area (Å²) in [7, 11) is 0. The molecule has 0 amide bonds. The molecule has 1 aromatic carbocycles. The molecule has 2 rings (SSSR count). The van der Waals surface area contributed by atoms with Gasteiger partial charge >= 0.3 is 0 Å². The minimum Gasteiger partial charge on any atom is -0.344 e. The molecule has 21 heavy (non-hydrogen) atoms. The van der Waals surface area contributed by atoms with E-state index in [9.17, 15) is 0 Å². The van der Waals surface area contributed by atoms with Gasteiger partial charge in [-0.1, -0.05) is 26.0 Å². The number of anilines is 1. The van der Waals surface area contributed by atoms with E-state index in [2.05, 4.69) is 62.2 Å². The van der Waals surface area contributed by atoms with Crippen molar-refractivity contribution in [2.45, 2.75) is 71.4 Å². The maximum atomic E-state index is 5.63. The zero-order valence-corrected chi connectivity index (χ0v) is 14.5. The van der Waals surface area contributed by atoms with Crippen LogP contribution in [0.4, 0.5) is 5.69 Å². The predicted octanol–water partition coefficient (Wildman–Crippen LogP) is 5.16.